The molecule has 59 heavy (non-hydrogen) atoms. The first-order valence-corrected chi connectivity index (χ1v) is 20.3. The van der Waals surface area contributed by atoms with Gasteiger partial charge in [0.2, 0.25) is 0 Å². The van der Waals surface area contributed by atoms with Gasteiger partial charge in [0.1, 0.15) is 0 Å². The van der Waals surface area contributed by atoms with Crippen LogP contribution in [-0.4, -0.2) is 15.0 Å². The number of aromatic nitrogens is 3. The number of fused-ring (bicyclic) bond motifs is 3. The van der Waals surface area contributed by atoms with E-state index in [0.29, 0.717) is 17.5 Å². The van der Waals surface area contributed by atoms with Gasteiger partial charge in [0, 0.05) is 22.1 Å². The summed E-state index contributed by atoms with van der Waals surface area (Å²) < 4.78 is 0. The molecule has 0 saturated heterocycles. The highest BCUT2D eigenvalue weighted by molar-refractivity contribution is 5.94. The molecule has 0 spiro atoms. The summed E-state index contributed by atoms with van der Waals surface area (Å²) in [6.45, 7) is 8.84. The predicted molar refractivity (Wildman–Crippen MR) is 245 cm³/mol. The van der Waals surface area contributed by atoms with E-state index in [2.05, 4.69) is 173 Å². The summed E-state index contributed by atoms with van der Waals surface area (Å²) in [5.41, 5.74) is 17.5. The predicted octanol–water partition coefficient (Wildman–Crippen LogP) is 14.2. The van der Waals surface area contributed by atoms with E-state index in [-0.39, 0.29) is 0 Å². The van der Waals surface area contributed by atoms with Crippen LogP contribution in [0.2, 0.25) is 0 Å². The third-order valence-corrected chi connectivity index (χ3v) is 11.7. The van der Waals surface area contributed by atoms with Crippen LogP contribution in [0.15, 0.2) is 200 Å². The van der Waals surface area contributed by atoms with Gasteiger partial charge in [-0.15, -0.1) is 0 Å². The molecule has 0 bridgehead atoms. The Hall–Kier alpha value is -7.23. The lowest BCUT2D eigenvalue weighted by Crippen LogP contribution is -2.22. The van der Waals surface area contributed by atoms with E-state index in [1.807, 2.05) is 54.6 Å². The van der Waals surface area contributed by atoms with Crippen LogP contribution in [0.25, 0.3) is 67.5 Å². The van der Waals surface area contributed by atoms with Gasteiger partial charge < -0.3 is 0 Å². The van der Waals surface area contributed by atoms with E-state index in [1.165, 1.54) is 66.8 Å². The monoisotopic (exact) mass is 759 g/mol. The number of nitrogens with zero attached hydrogens (tertiary/aromatic N) is 3. The third-order valence-electron chi connectivity index (χ3n) is 11.7. The summed E-state index contributed by atoms with van der Waals surface area (Å²) in [5.74, 6) is 1.98. The van der Waals surface area contributed by atoms with Crippen molar-refractivity contribution in [1.29, 1.82) is 0 Å². The summed E-state index contributed by atoms with van der Waals surface area (Å²) in [6.07, 6.45) is 0. The number of benzene rings is 8. The Balaban J connectivity index is 0.000000583. The van der Waals surface area contributed by atoms with E-state index < -0.39 is 5.41 Å². The van der Waals surface area contributed by atoms with Gasteiger partial charge in [-0.1, -0.05) is 194 Å². The molecule has 0 fully saturated rings. The normalized spacial score (nSPS) is 13.8. The van der Waals surface area contributed by atoms with Gasteiger partial charge in [-0.3, -0.25) is 0 Å². The Kier molecular flexibility index (Phi) is 10.1. The van der Waals surface area contributed by atoms with Gasteiger partial charge in [0.25, 0.3) is 0 Å². The first kappa shape index (κ1) is 37.4. The Bertz CT molecular complexity index is 2850. The van der Waals surface area contributed by atoms with E-state index in [4.69, 9.17) is 15.0 Å². The minimum absolute atomic E-state index is 0.404. The largest absolute Gasteiger partial charge is 0.208 e. The first-order chi connectivity index (χ1) is 28.9. The van der Waals surface area contributed by atoms with Crippen LogP contribution in [0.1, 0.15) is 40.3 Å². The summed E-state index contributed by atoms with van der Waals surface area (Å²) in [7, 11) is 0. The number of hydrogen-bond donors (Lipinski definition) is 0. The van der Waals surface area contributed by atoms with E-state index >= 15 is 0 Å². The molecule has 3 heteroatoms. The molecule has 1 heterocycles. The molecule has 1 atom stereocenters. The zero-order chi connectivity index (χ0) is 40.3. The highest BCUT2D eigenvalue weighted by Gasteiger charge is 2.42. The van der Waals surface area contributed by atoms with Crippen LogP contribution < -0.4 is 0 Å². The van der Waals surface area contributed by atoms with Gasteiger partial charge >= 0.3 is 0 Å². The van der Waals surface area contributed by atoms with Gasteiger partial charge in [-0.2, -0.15) is 0 Å². The van der Waals surface area contributed by atoms with Crippen molar-refractivity contribution in [1.82, 2.24) is 15.0 Å². The van der Waals surface area contributed by atoms with Crippen molar-refractivity contribution in [3.05, 3.63) is 234 Å². The molecular weight excluding hydrogens is 715 g/mol. The van der Waals surface area contributed by atoms with Gasteiger partial charge in [0.15, 0.2) is 17.5 Å². The maximum absolute atomic E-state index is 5.17. The van der Waals surface area contributed by atoms with Crippen molar-refractivity contribution >= 4 is 0 Å². The van der Waals surface area contributed by atoms with Gasteiger partial charge in [-0.25, -0.2) is 15.0 Å². The summed E-state index contributed by atoms with van der Waals surface area (Å²) in [6, 6.07) is 70.6. The minimum Gasteiger partial charge on any atom is -0.208 e. The Labute approximate surface area is 347 Å². The zero-order valence-corrected chi connectivity index (χ0v) is 33.9. The van der Waals surface area contributed by atoms with Crippen LogP contribution in [-0.2, 0) is 5.41 Å². The molecule has 10 rings (SSSR count). The van der Waals surface area contributed by atoms with Crippen molar-refractivity contribution in [3.8, 4) is 67.5 Å². The Morgan fingerprint density at radius 3 is 1.46 bits per heavy atom. The third kappa shape index (κ3) is 7.17. The van der Waals surface area contributed by atoms with Crippen molar-refractivity contribution in [2.24, 2.45) is 0 Å². The van der Waals surface area contributed by atoms with Crippen LogP contribution in [0, 0.1) is 20.8 Å². The van der Waals surface area contributed by atoms with E-state index in [0.717, 1.165) is 16.7 Å². The Morgan fingerprint density at radius 2 is 0.847 bits per heavy atom. The maximum atomic E-state index is 5.17. The minimum atomic E-state index is -0.404. The second kappa shape index (κ2) is 16.0. The lowest BCUT2D eigenvalue weighted by molar-refractivity contribution is 0.714. The molecule has 9 aromatic rings. The number of hydrogen-bond acceptors (Lipinski definition) is 3. The molecule has 0 saturated carbocycles. The second-order valence-electron chi connectivity index (χ2n) is 15.5. The molecular formula is C56H45N3. The number of aryl methyl sites for hydroxylation is 3. The molecule has 0 radical (unpaired) electrons. The van der Waals surface area contributed by atoms with Crippen molar-refractivity contribution < 1.29 is 0 Å². The molecule has 0 N–H and O–H groups in total. The first-order valence-electron chi connectivity index (χ1n) is 20.3. The fourth-order valence-corrected chi connectivity index (χ4v) is 8.46. The molecule has 8 aromatic carbocycles. The lowest BCUT2D eigenvalue weighted by Gasteiger charge is -2.29. The lowest BCUT2D eigenvalue weighted by atomic mass is 9.73. The van der Waals surface area contributed by atoms with Gasteiger partial charge in [0.05, 0.1) is 0 Å². The molecule has 0 aliphatic heterocycles. The van der Waals surface area contributed by atoms with Crippen molar-refractivity contribution in [2.75, 3.05) is 0 Å². The van der Waals surface area contributed by atoms with Crippen LogP contribution in [0.5, 0.6) is 0 Å². The average Bonchev–Trinajstić information content (AvgIpc) is 3.56. The highest BCUT2D eigenvalue weighted by Crippen LogP contribution is 2.55. The fourth-order valence-electron chi connectivity index (χ4n) is 8.46. The van der Waals surface area contributed by atoms with Gasteiger partial charge in [-0.05, 0) is 101 Å². The summed E-state index contributed by atoms with van der Waals surface area (Å²) in [4.78, 5) is 15.3. The van der Waals surface area contributed by atoms with Crippen LogP contribution in [0.4, 0.5) is 0 Å². The molecule has 1 aliphatic rings. The topological polar surface area (TPSA) is 38.7 Å². The molecule has 1 aliphatic carbocycles. The zero-order valence-electron chi connectivity index (χ0n) is 33.9. The SMILES string of the molecule is Cc1ccccc1.Cc1ccccc1-c1cc(-c2ccc3c(c2)C(C)(c2ccccc2)c2cccc(-c4nc(-c5ccccc5)nc(-c5ccccc5)n4)c2-3)ccc1C. The fraction of sp³-hybridized carbons (Fsp3) is 0.0893. The maximum Gasteiger partial charge on any atom is 0.164 e. The molecule has 284 valence electrons. The molecule has 1 unspecified atom stereocenters. The summed E-state index contributed by atoms with van der Waals surface area (Å²) in [5, 5.41) is 0. The van der Waals surface area contributed by atoms with E-state index in [1.54, 1.807) is 0 Å². The molecule has 1 aromatic heterocycles. The average molecular weight is 760 g/mol. The smallest absolute Gasteiger partial charge is 0.164 e. The highest BCUT2D eigenvalue weighted by atomic mass is 15.0. The Morgan fingerprint density at radius 1 is 0.339 bits per heavy atom. The van der Waals surface area contributed by atoms with E-state index in [9.17, 15) is 0 Å². The molecule has 0 amide bonds. The quantitative estimate of drug-likeness (QED) is 0.169. The van der Waals surface area contributed by atoms with Crippen molar-refractivity contribution in [2.45, 2.75) is 33.1 Å². The second-order valence-corrected chi connectivity index (χ2v) is 15.5. The van der Waals surface area contributed by atoms with Crippen LogP contribution >= 0.6 is 0 Å². The van der Waals surface area contributed by atoms with Crippen LogP contribution in [0.3, 0.4) is 0 Å². The number of rotatable bonds is 6. The summed E-state index contributed by atoms with van der Waals surface area (Å²) >= 11 is 0. The molecule has 3 nitrogen and oxygen atoms in total. The van der Waals surface area contributed by atoms with Crippen molar-refractivity contribution in [3.63, 3.8) is 0 Å². The standard InChI is InChI=1S/C49H37N3.C7H8/c1-32-16-13-14-23-39(32)42-30-36(27-26-33(42)2)37-28-29-40-44(31-37)49(3,38-21-11-6-12-22-38)43-25-15-24-41(45(40)43)48-51-46(34-17-7-4-8-18-34)50-47(52-48)35-19-9-5-10-20-35;1-7-5-3-2-4-6-7/h4-31H,1-3H3;2-6H,1H3.